The molecule has 2 heterocycles. The van der Waals surface area contributed by atoms with Crippen molar-refractivity contribution >= 4 is 29.9 Å². The number of aromatic nitrogens is 2. The molecular formula is C16H31IN6. The number of piperidine rings is 1. The molecule has 0 saturated carbocycles. The Bertz CT molecular complexity index is 451. The van der Waals surface area contributed by atoms with E-state index in [4.69, 9.17) is 0 Å². The number of nitrogens with zero attached hydrogens (tertiary/aromatic N) is 4. The van der Waals surface area contributed by atoms with Gasteiger partial charge in [-0.25, -0.2) is 4.98 Å². The number of likely N-dealkylation sites (tertiary alicyclic amines) is 1. The van der Waals surface area contributed by atoms with Gasteiger partial charge < -0.3 is 15.2 Å². The minimum Gasteiger partial charge on any atom is -0.355 e. The average Bonchev–Trinajstić information content (AvgIpc) is 3.05. The summed E-state index contributed by atoms with van der Waals surface area (Å²) in [5.74, 6) is 0.866. The van der Waals surface area contributed by atoms with E-state index in [1.807, 2.05) is 19.6 Å². The van der Waals surface area contributed by atoms with Crippen LogP contribution >= 0.6 is 24.0 Å². The molecule has 0 radical (unpaired) electrons. The van der Waals surface area contributed by atoms with Crippen molar-refractivity contribution in [1.82, 2.24) is 25.1 Å². The Labute approximate surface area is 157 Å². The Morgan fingerprint density at radius 3 is 2.57 bits per heavy atom. The molecule has 132 valence electrons. The summed E-state index contributed by atoms with van der Waals surface area (Å²) < 4.78 is 2.05. The third kappa shape index (κ3) is 6.66. The molecule has 1 fully saturated rings. The maximum absolute atomic E-state index is 4.31. The molecule has 0 aromatic carbocycles. The average molecular weight is 434 g/mol. The van der Waals surface area contributed by atoms with Crippen LogP contribution in [0.2, 0.25) is 0 Å². The van der Waals surface area contributed by atoms with Crippen molar-refractivity contribution in [3.05, 3.63) is 18.7 Å². The first kappa shape index (κ1) is 20.2. The maximum atomic E-state index is 4.31. The summed E-state index contributed by atoms with van der Waals surface area (Å²) in [6.07, 6.45) is 9.61. The molecule has 1 aromatic heterocycles. The van der Waals surface area contributed by atoms with Gasteiger partial charge in [-0.3, -0.25) is 9.89 Å². The lowest BCUT2D eigenvalue weighted by molar-refractivity contribution is 0.0982. The molecule has 0 amide bonds. The Balaban J connectivity index is 0.00000264. The van der Waals surface area contributed by atoms with Crippen LogP contribution in [0.3, 0.4) is 0 Å². The highest BCUT2D eigenvalue weighted by Crippen LogP contribution is 2.19. The number of halogens is 1. The van der Waals surface area contributed by atoms with Crippen LogP contribution in [0.25, 0.3) is 0 Å². The monoisotopic (exact) mass is 434 g/mol. The highest BCUT2D eigenvalue weighted by Gasteiger charge is 2.27. The number of aliphatic imine (C=N–C) groups is 1. The van der Waals surface area contributed by atoms with Crippen LogP contribution in [-0.4, -0.2) is 59.2 Å². The molecule has 2 rings (SSSR count). The van der Waals surface area contributed by atoms with Gasteiger partial charge in [0.05, 0.1) is 6.33 Å². The predicted molar refractivity (Wildman–Crippen MR) is 107 cm³/mol. The van der Waals surface area contributed by atoms with E-state index in [0.29, 0.717) is 0 Å². The van der Waals surface area contributed by atoms with Gasteiger partial charge in [0, 0.05) is 44.6 Å². The molecule has 23 heavy (non-hydrogen) atoms. The lowest BCUT2D eigenvalue weighted by atomic mass is 9.98. The zero-order valence-corrected chi connectivity index (χ0v) is 16.9. The van der Waals surface area contributed by atoms with E-state index in [0.717, 1.165) is 25.6 Å². The first-order valence-corrected chi connectivity index (χ1v) is 8.27. The minimum atomic E-state index is 0. The number of imidazole rings is 1. The molecular weight excluding hydrogens is 403 g/mol. The lowest BCUT2D eigenvalue weighted by Crippen LogP contribution is -2.55. The van der Waals surface area contributed by atoms with E-state index < -0.39 is 0 Å². The summed E-state index contributed by atoms with van der Waals surface area (Å²) in [4.78, 5) is 10.9. The maximum Gasteiger partial charge on any atom is 0.191 e. The first-order valence-electron chi connectivity index (χ1n) is 8.27. The largest absolute Gasteiger partial charge is 0.355 e. The van der Waals surface area contributed by atoms with E-state index in [1.54, 1.807) is 6.20 Å². The van der Waals surface area contributed by atoms with Crippen molar-refractivity contribution in [2.24, 2.45) is 4.99 Å². The molecule has 0 unspecified atom stereocenters. The van der Waals surface area contributed by atoms with E-state index in [2.05, 4.69) is 43.9 Å². The fraction of sp³-hybridized carbons (Fsp3) is 0.750. The number of guanidine groups is 1. The molecule has 0 spiro atoms. The van der Waals surface area contributed by atoms with Crippen LogP contribution in [0.15, 0.2) is 23.7 Å². The number of nitrogens with one attached hydrogen (secondary N) is 2. The molecule has 1 aliphatic heterocycles. The second-order valence-electron chi connectivity index (χ2n) is 6.51. The van der Waals surface area contributed by atoms with E-state index in [9.17, 15) is 0 Å². The second kappa shape index (κ2) is 10.1. The van der Waals surface area contributed by atoms with Crippen LogP contribution in [0.1, 0.15) is 33.1 Å². The quantitative estimate of drug-likeness (QED) is 0.408. The zero-order chi connectivity index (χ0) is 15.8. The van der Waals surface area contributed by atoms with Gasteiger partial charge in [0.2, 0.25) is 0 Å². The number of hydrogen-bond donors (Lipinski definition) is 2. The molecule has 1 saturated heterocycles. The summed E-state index contributed by atoms with van der Waals surface area (Å²) in [6, 6.07) is 0. The van der Waals surface area contributed by atoms with Crippen LogP contribution in [0.4, 0.5) is 0 Å². The van der Waals surface area contributed by atoms with Gasteiger partial charge in [0.25, 0.3) is 0 Å². The van der Waals surface area contributed by atoms with Gasteiger partial charge in [0.1, 0.15) is 0 Å². The summed E-state index contributed by atoms with van der Waals surface area (Å²) >= 11 is 0. The Morgan fingerprint density at radius 1 is 1.22 bits per heavy atom. The smallest absolute Gasteiger partial charge is 0.191 e. The minimum absolute atomic E-state index is 0. The third-order valence-electron chi connectivity index (χ3n) is 4.35. The zero-order valence-electron chi connectivity index (χ0n) is 14.6. The molecule has 7 heteroatoms. The molecule has 0 aliphatic carbocycles. The molecule has 0 atom stereocenters. The molecule has 2 N–H and O–H groups in total. The van der Waals surface area contributed by atoms with Gasteiger partial charge in [-0.1, -0.05) is 6.42 Å². The Kier molecular flexibility index (Phi) is 8.90. The van der Waals surface area contributed by atoms with E-state index in [-0.39, 0.29) is 29.5 Å². The standard InChI is InChI=1S/C16H30N6.HI/c1-16(2,22-9-5-4-6-10-22)13-20-15(17-3)19-8-12-21-11-7-18-14-21;/h7,11,14H,4-6,8-10,12-13H2,1-3H3,(H2,17,19,20);1H. The predicted octanol–water partition coefficient (Wildman–Crippen LogP) is 1.93. The topological polar surface area (TPSA) is 57.5 Å². The fourth-order valence-electron chi connectivity index (χ4n) is 2.85. The summed E-state index contributed by atoms with van der Waals surface area (Å²) in [6.45, 7) is 9.66. The summed E-state index contributed by atoms with van der Waals surface area (Å²) in [5.41, 5.74) is 0.155. The molecule has 1 aliphatic rings. The van der Waals surface area contributed by atoms with Crippen molar-refractivity contribution in [2.75, 3.05) is 33.2 Å². The van der Waals surface area contributed by atoms with Crippen LogP contribution < -0.4 is 10.6 Å². The number of rotatable bonds is 6. The van der Waals surface area contributed by atoms with E-state index in [1.165, 1.54) is 32.4 Å². The number of hydrogen-bond acceptors (Lipinski definition) is 3. The van der Waals surface area contributed by atoms with Gasteiger partial charge in [-0.2, -0.15) is 0 Å². The van der Waals surface area contributed by atoms with Crippen molar-refractivity contribution in [2.45, 2.75) is 45.2 Å². The third-order valence-corrected chi connectivity index (χ3v) is 4.35. The SMILES string of the molecule is CN=C(NCCn1ccnc1)NCC(C)(C)N1CCCCC1.I. The van der Waals surface area contributed by atoms with Crippen molar-refractivity contribution in [3.8, 4) is 0 Å². The lowest BCUT2D eigenvalue weighted by Gasteiger charge is -2.41. The summed E-state index contributed by atoms with van der Waals surface area (Å²) in [7, 11) is 1.82. The fourth-order valence-corrected chi connectivity index (χ4v) is 2.85. The Hall–Kier alpha value is -0.830. The van der Waals surface area contributed by atoms with Crippen LogP contribution in [0.5, 0.6) is 0 Å². The van der Waals surface area contributed by atoms with E-state index >= 15 is 0 Å². The molecule has 6 nitrogen and oxygen atoms in total. The normalized spacial score (nSPS) is 16.7. The van der Waals surface area contributed by atoms with Gasteiger partial charge in [-0.05, 0) is 39.8 Å². The highest BCUT2D eigenvalue weighted by atomic mass is 127. The van der Waals surface area contributed by atoms with Gasteiger partial charge >= 0.3 is 0 Å². The van der Waals surface area contributed by atoms with Crippen molar-refractivity contribution in [3.63, 3.8) is 0 Å². The summed E-state index contributed by atoms with van der Waals surface area (Å²) in [5, 5.41) is 6.81. The first-order chi connectivity index (χ1) is 10.6. The van der Waals surface area contributed by atoms with Crippen molar-refractivity contribution in [1.29, 1.82) is 0 Å². The van der Waals surface area contributed by atoms with Gasteiger partial charge in [-0.15, -0.1) is 24.0 Å². The van der Waals surface area contributed by atoms with Crippen LogP contribution in [0, 0.1) is 0 Å². The second-order valence-corrected chi connectivity index (χ2v) is 6.51. The van der Waals surface area contributed by atoms with Crippen molar-refractivity contribution < 1.29 is 0 Å². The molecule has 0 bridgehead atoms. The Morgan fingerprint density at radius 2 is 1.96 bits per heavy atom. The van der Waals surface area contributed by atoms with Crippen LogP contribution in [-0.2, 0) is 6.54 Å². The highest BCUT2D eigenvalue weighted by molar-refractivity contribution is 14.0. The van der Waals surface area contributed by atoms with Gasteiger partial charge in [0.15, 0.2) is 5.96 Å². The molecule has 1 aromatic rings.